The molecule has 1 unspecified atom stereocenters. The number of benzene rings is 1. The molecule has 0 saturated carbocycles. The van der Waals surface area contributed by atoms with Crippen LogP contribution in [0.4, 0.5) is 13.2 Å². The summed E-state index contributed by atoms with van der Waals surface area (Å²) in [5.74, 6) is 0. The lowest BCUT2D eigenvalue weighted by molar-refractivity contribution is -0.128. The summed E-state index contributed by atoms with van der Waals surface area (Å²) in [4.78, 5) is -1.71. The summed E-state index contributed by atoms with van der Waals surface area (Å²) in [5.41, 5.74) is 0.803. The first-order valence-corrected chi connectivity index (χ1v) is 5.08. The summed E-state index contributed by atoms with van der Waals surface area (Å²) in [6.45, 7) is 1.72. The first-order chi connectivity index (χ1) is 6.32. The molecule has 0 bridgehead atoms. The van der Waals surface area contributed by atoms with E-state index in [4.69, 9.17) is 11.6 Å². The average Bonchev–Trinajstić information content (AvgIpc) is 2.06. The third-order valence-corrected chi connectivity index (χ3v) is 3.07. The predicted molar refractivity (Wildman–Crippen MR) is 53.9 cm³/mol. The van der Waals surface area contributed by atoms with Gasteiger partial charge in [0.25, 0.3) is 0 Å². The molecule has 1 atom stereocenters. The summed E-state index contributed by atoms with van der Waals surface area (Å²) in [7, 11) is 0. The Bertz CT molecular complexity index is 335. The number of rotatable bonds is 1. The van der Waals surface area contributed by atoms with Crippen molar-refractivity contribution in [2.75, 3.05) is 0 Å². The van der Waals surface area contributed by atoms with Gasteiger partial charge in [0.15, 0.2) is 0 Å². The van der Waals surface area contributed by atoms with E-state index in [1.54, 1.807) is 13.0 Å². The Kier molecular flexibility index (Phi) is 3.48. The van der Waals surface area contributed by atoms with Crippen molar-refractivity contribution < 1.29 is 13.2 Å². The Morgan fingerprint density at radius 1 is 1.36 bits per heavy atom. The molecule has 0 aliphatic rings. The highest BCUT2D eigenvalue weighted by atomic mass is 79.9. The molecule has 78 valence electrons. The molecule has 5 heteroatoms. The van der Waals surface area contributed by atoms with Crippen molar-refractivity contribution in [3.05, 3.63) is 34.3 Å². The van der Waals surface area contributed by atoms with E-state index >= 15 is 0 Å². The molecule has 0 aliphatic heterocycles. The minimum absolute atomic E-state index is 0.0548. The third-order valence-electron chi connectivity index (χ3n) is 1.71. The fourth-order valence-corrected chi connectivity index (χ4v) is 1.77. The highest BCUT2D eigenvalue weighted by Gasteiger charge is 2.39. The maximum Gasteiger partial charge on any atom is 0.405 e. The third kappa shape index (κ3) is 2.64. The number of alkyl halides is 4. The number of hydrogen-bond acceptors (Lipinski definition) is 0. The molecule has 0 saturated heterocycles. The molecule has 0 amide bonds. The van der Waals surface area contributed by atoms with Crippen LogP contribution < -0.4 is 0 Å². The van der Waals surface area contributed by atoms with Gasteiger partial charge in [-0.25, -0.2) is 0 Å². The Morgan fingerprint density at radius 2 is 1.93 bits per heavy atom. The summed E-state index contributed by atoms with van der Waals surface area (Å²) < 4.78 is 37.0. The number of halogens is 5. The van der Waals surface area contributed by atoms with Gasteiger partial charge in [0, 0.05) is 5.02 Å². The smallest absolute Gasteiger partial charge is 0.169 e. The Hall–Kier alpha value is -0.220. The van der Waals surface area contributed by atoms with E-state index in [2.05, 4.69) is 15.9 Å². The monoisotopic (exact) mass is 286 g/mol. The quantitative estimate of drug-likeness (QED) is 0.660. The van der Waals surface area contributed by atoms with Crippen LogP contribution in [0.15, 0.2) is 18.2 Å². The molecule has 0 aromatic heterocycles. The van der Waals surface area contributed by atoms with E-state index in [1.807, 2.05) is 0 Å². The zero-order valence-corrected chi connectivity index (χ0v) is 9.54. The normalized spacial score (nSPS) is 14.1. The SMILES string of the molecule is Cc1ccc(Cl)c(C(Br)C(F)(F)F)c1. The van der Waals surface area contributed by atoms with Crippen molar-refractivity contribution >= 4 is 27.5 Å². The summed E-state index contributed by atoms with van der Waals surface area (Å²) in [5, 5.41) is 0.120. The van der Waals surface area contributed by atoms with Crippen molar-refractivity contribution in [3.63, 3.8) is 0 Å². The van der Waals surface area contributed by atoms with Crippen LogP contribution in [0.3, 0.4) is 0 Å². The van der Waals surface area contributed by atoms with Gasteiger partial charge in [-0.3, -0.25) is 0 Å². The van der Waals surface area contributed by atoms with Gasteiger partial charge in [0.2, 0.25) is 0 Å². The van der Waals surface area contributed by atoms with Gasteiger partial charge in [-0.15, -0.1) is 0 Å². The summed E-state index contributed by atoms with van der Waals surface area (Å²) in [6.07, 6.45) is -4.32. The summed E-state index contributed by atoms with van der Waals surface area (Å²) >= 11 is 8.25. The largest absolute Gasteiger partial charge is 0.405 e. The van der Waals surface area contributed by atoms with Gasteiger partial charge >= 0.3 is 6.18 Å². The zero-order valence-electron chi connectivity index (χ0n) is 7.20. The first-order valence-electron chi connectivity index (χ1n) is 3.79. The van der Waals surface area contributed by atoms with E-state index in [1.165, 1.54) is 12.1 Å². The van der Waals surface area contributed by atoms with Gasteiger partial charge in [-0.05, 0) is 18.6 Å². The molecule has 0 radical (unpaired) electrons. The van der Waals surface area contributed by atoms with Crippen molar-refractivity contribution in [2.45, 2.75) is 17.9 Å². The molecule has 1 rings (SSSR count). The standard InChI is InChI=1S/C9H7BrClF3/c1-5-2-3-7(11)6(4-5)8(10)9(12,13)14/h2-4,8H,1H3. The Morgan fingerprint density at radius 3 is 2.43 bits per heavy atom. The van der Waals surface area contributed by atoms with Crippen molar-refractivity contribution in [3.8, 4) is 0 Å². The minimum Gasteiger partial charge on any atom is -0.169 e. The first kappa shape index (κ1) is 11.9. The van der Waals surface area contributed by atoms with Gasteiger partial charge in [-0.1, -0.05) is 45.2 Å². The van der Waals surface area contributed by atoms with Gasteiger partial charge < -0.3 is 0 Å². The molecule has 1 aromatic rings. The second-order valence-corrected chi connectivity index (χ2v) is 4.25. The molecule has 0 nitrogen and oxygen atoms in total. The molecule has 0 spiro atoms. The Labute approximate surface area is 93.2 Å². The van der Waals surface area contributed by atoms with Crippen LogP contribution >= 0.6 is 27.5 Å². The number of hydrogen-bond donors (Lipinski definition) is 0. The van der Waals surface area contributed by atoms with E-state index in [0.717, 1.165) is 5.56 Å². The predicted octanol–water partition coefficient (Wildman–Crippen LogP) is 4.65. The van der Waals surface area contributed by atoms with Crippen molar-refractivity contribution in [1.29, 1.82) is 0 Å². The van der Waals surface area contributed by atoms with Gasteiger partial charge in [0.1, 0.15) is 4.83 Å². The molecule has 0 fully saturated rings. The van der Waals surface area contributed by atoms with Gasteiger partial charge in [0.05, 0.1) is 0 Å². The van der Waals surface area contributed by atoms with Crippen LogP contribution in [-0.4, -0.2) is 6.18 Å². The topological polar surface area (TPSA) is 0 Å². The van der Waals surface area contributed by atoms with E-state index in [9.17, 15) is 13.2 Å². The Balaban J connectivity index is 3.12. The minimum atomic E-state index is -4.32. The lowest BCUT2D eigenvalue weighted by atomic mass is 10.1. The molecular formula is C9H7BrClF3. The maximum absolute atomic E-state index is 12.3. The molecule has 1 aromatic carbocycles. The van der Waals surface area contributed by atoms with Gasteiger partial charge in [-0.2, -0.15) is 13.2 Å². The fraction of sp³-hybridized carbons (Fsp3) is 0.333. The van der Waals surface area contributed by atoms with Crippen LogP contribution in [0.5, 0.6) is 0 Å². The van der Waals surface area contributed by atoms with Crippen molar-refractivity contribution in [2.24, 2.45) is 0 Å². The van der Waals surface area contributed by atoms with Crippen LogP contribution in [0.25, 0.3) is 0 Å². The lowest BCUT2D eigenvalue weighted by Crippen LogP contribution is -2.15. The highest BCUT2D eigenvalue weighted by molar-refractivity contribution is 9.09. The van der Waals surface area contributed by atoms with Crippen molar-refractivity contribution in [1.82, 2.24) is 0 Å². The van der Waals surface area contributed by atoms with Crippen LogP contribution in [-0.2, 0) is 0 Å². The maximum atomic E-state index is 12.3. The second kappa shape index (κ2) is 4.11. The lowest BCUT2D eigenvalue weighted by Gasteiger charge is -2.15. The van der Waals surface area contributed by atoms with E-state index in [-0.39, 0.29) is 10.6 Å². The molecular weight excluding hydrogens is 280 g/mol. The zero-order chi connectivity index (χ0) is 10.9. The average molecular weight is 288 g/mol. The second-order valence-electron chi connectivity index (χ2n) is 2.93. The van der Waals surface area contributed by atoms with E-state index in [0.29, 0.717) is 0 Å². The fourth-order valence-electron chi connectivity index (χ4n) is 1.03. The molecule has 14 heavy (non-hydrogen) atoms. The van der Waals surface area contributed by atoms with Crippen LogP contribution in [0.2, 0.25) is 5.02 Å². The highest BCUT2D eigenvalue weighted by Crippen LogP contribution is 2.42. The molecule has 0 aliphatic carbocycles. The molecule has 0 heterocycles. The van der Waals surface area contributed by atoms with Crippen LogP contribution in [0.1, 0.15) is 16.0 Å². The molecule has 0 N–H and O–H groups in total. The van der Waals surface area contributed by atoms with Crippen LogP contribution in [0, 0.1) is 6.92 Å². The number of aryl methyl sites for hydroxylation is 1. The van der Waals surface area contributed by atoms with E-state index < -0.39 is 11.0 Å². The summed E-state index contributed by atoms with van der Waals surface area (Å²) in [6, 6.07) is 4.56.